The molecule has 1 aliphatic carbocycles. The van der Waals surface area contributed by atoms with Crippen molar-refractivity contribution in [3.05, 3.63) is 60.6 Å². The van der Waals surface area contributed by atoms with Gasteiger partial charge in [0.2, 0.25) is 0 Å². The number of anilines is 2. The summed E-state index contributed by atoms with van der Waals surface area (Å²) in [7, 11) is 0. The lowest BCUT2D eigenvalue weighted by Gasteiger charge is -2.12. The summed E-state index contributed by atoms with van der Waals surface area (Å²) in [5.41, 5.74) is 3.57. The van der Waals surface area contributed by atoms with Crippen LogP contribution in [-0.2, 0) is 0 Å². The molecule has 0 spiro atoms. The molecule has 1 saturated carbocycles. The van der Waals surface area contributed by atoms with Crippen molar-refractivity contribution in [1.29, 1.82) is 0 Å². The molecule has 5 heteroatoms. The van der Waals surface area contributed by atoms with E-state index >= 15 is 0 Å². The zero-order valence-corrected chi connectivity index (χ0v) is 13.3. The Balaban J connectivity index is 1.44. The quantitative estimate of drug-likeness (QED) is 0.750. The Bertz CT molecular complexity index is 864. The van der Waals surface area contributed by atoms with E-state index in [-0.39, 0.29) is 6.03 Å². The highest BCUT2D eigenvalue weighted by Crippen LogP contribution is 2.34. The Morgan fingerprint density at radius 3 is 2.88 bits per heavy atom. The number of carbonyl (C=O) groups is 1. The van der Waals surface area contributed by atoms with Crippen LogP contribution < -0.4 is 10.6 Å². The number of hydrogen-bond donors (Lipinski definition) is 2. The molecule has 3 aromatic rings. The van der Waals surface area contributed by atoms with Crippen LogP contribution in [0.2, 0.25) is 0 Å². The fraction of sp³-hybridized carbons (Fsp3) is 0.263. The molecule has 1 fully saturated rings. The number of carbonyl (C=O) groups excluding carboxylic acids is 1. The van der Waals surface area contributed by atoms with Gasteiger partial charge >= 0.3 is 6.03 Å². The van der Waals surface area contributed by atoms with Crippen LogP contribution in [-0.4, -0.2) is 15.4 Å². The lowest BCUT2D eigenvalue weighted by atomic mass is 9.97. The van der Waals surface area contributed by atoms with Crippen molar-refractivity contribution in [3.8, 4) is 0 Å². The zero-order valence-electron chi connectivity index (χ0n) is 13.3. The van der Waals surface area contributed by atoms with Crippen molar-refractivity contribution in [2.45, 2.75) is 31.6 Å². The Hall–Kier alpha value is -2.82. The predicted molar refractivity (Wildman–Crippen MR) is 94.3 cm³/mol. The minimum atomic E-state index is -0.252. The summed E-state index contributed by atoms with van der Waals surface area (Å²) < 4.78 is 1.87. The molecule has 2 aromatic heterocycles. The van der Waals surface area contributed by atoms with Gasteiger partial charge in [-0.25, -0.2) is 9.78 Å². The number of urea groups is 1. The zero-order chi connectivity index (χ0) is 16.4. The maximum Gasteiger partial charge on any atom is 0.323 e. The molecule has 1 aromatic carbocycles. The molecule has 2 heterocycles. The Morgan fingerprint density at radius 1 is 1.17 bits per heavy atom. The Morgan fingerprint density at radius 2 is 2.00 bits per heavy atom. The summed E-state index contributed by atoms with van der Waals surface area (Å²) in [5, 5.41) is 5.75. The van der Waals surface area contributed by atoms with Gasteiger partial charge in [0.1, 0.15) is 5.65 Å². The molecule has 0 saturated heterocycles. The number of aromatic nitrogens is 2. The van der Waals surface area contributed by atoms with Gasteiger partial charge in [-0.3, -0.25) is 0 Å². The van der Waals surface area contributed by atoms with Crippen LogP contribution in [0, 0.1) is 6.07 Å². The summed E-state index contributed by atoms with van der Waals surface area (Å²) in [4.78, 5) is 16.4. The van der Waals surface area contributed by atoms with Gasteiger partial charge in [-0.05, 0) is 54.7 Å². The minimum absolute atomic E-state index is 0.252. The number of nitrogens with zero attached hydrogens (tertiary/aromatic N) is 2. The van der Waals surface area contributed by atoms with E-state index in [2.05, 4.69) is 21.7 Å². The fourth-order valence-electron chi connectivity index (χ4n) is 3.32. The van der Waals surface area contributed by atoms with Gasteiger partial charge in [-0.2, -0.15) is 0 Å². The first-order valence-electron chi connectivity index (χ1n) is 8.30. The second-order valence-electron chi connectivity index (χ2n) is 6.20. The highest BCUT2D eigenvalue weighted by molar-refractivity contribution is 5.99. The molecule has 4 rings (SSSR count). The average Bonchev–Trinajstić information content (AvgIpc) is 3.26. The van der Waals surface area contributed by atoms with Crippen LogP contribution in [0.5, 0.6) is 0 Å². The first-order valence-corrected chi connectivity index (χ1v) is 8.30. The summed E-state index contributed by atoms with van der Waals surface area (Å²) in [5.74, 6) is 0.582. The van der Waals surface area contributed by atoms with Crippen molar-refractivity contribution in [2.24, 2.45) is 0 Å². The molecule has 24 heavy (non-hydrogen) atoms. The van der Waals surface area contributed by atoms with Crippen molar-refractivity contribution >= 4 is 23.1 Å². The smallest absolute Gasteiger partial charge is 0.308 e. The van der Waals surface area contributed by atoms with E-state index in [1.807, 2.05) is 47.1 Å². The van der Waals surface area contributed by atoms with Crippen LogP contribution in [0.15, 0.2) is 48.9 Å². The molecule has 0 aliphatic heterocycles. The highest BCUT2D eigenvalue weighted by Gasteiger charge is 2.17. The molecule has 0 atom stereocenters. The van der Waals surface area contributed by atoms with Crippen LogP contribution in [0.1, 0.15) is 37.2 Å². The lowest BCUT2D eigenvalue weighted by Crippen LogP contribution is -2.19. The number of hydrogen-bond acceptors (Lipinski definition) is 2. The number of pyridine rings is 1. The maximum absolute atomic E-state index is 12.2. The van der Waals surface area contributed by atoms with E-state index in [1.54, 1.807) is 6.20 Å². The van der Waals surface area contributed by atoms with E-state index in [1.165, 1.54) is 31.2 Å². The predicted octanol–water partition coefficient (Wildman–Crippen LogP) is 4.44. The molecule has 5 nitrogen and oxygen atoms in total. The van der Waals surface area contributed by atoms with Crippen molar-refractivity contribution in [2.75, 3.05) is 10.6 Å². The topological polar surface area (TPSA) is 58.4 Å². The number of benzene rings is 1. The molecule has 2 amide bonds. The Kier molecular flexibility index (Phi) is 3.91. The molecule has 0 unspecified atom stereocenters. The van der Waals surface area contributed by atoms with Crippen LogP contribution in [0.4, 0.5) is 16.2 Å². The summed E-state index contributed by atoms with van der Waals surface area (Å²) >= 11 is 0. The van der Waals surface area contributed by atoms with Crippen molar-refractivity contribution in [1.82, 2.24) is 9.38 Å². The maximum atomic E-state index is 12.2. The number of imidazole rings is 1. The van der Waals surface area contributed by atoms with E-state index < -0.39 is 0 Å². The SMILES string of the molecule is O=C(Nc1cc[c]c(C2CCCC2)c1)Nc1ccc2nccn2c1. The summed E-state index contributed by atoms with van der Waals surface area (Å²) in [6, 6.07) is 12.6. The molecule has 2 N–H and O–H groups in total. The van der Waals surface area contributed by atoms with Crippen molar-refractivity contribution < 1.29 is 4.79 Å². The van der Waals surface area contributed by atoms with Gasteiger partial charge in [0, 0.05) is 24.3 Å². The summed E-state index contributed by atoms with van der Waals surface area (Å²) in [6.07, 6.45) is 10.4. The second kappa shape index (κ2) is 6.35. The number of nitrogens with one attached hydrogen (secondary N) is 2. The van der Waals surface area contributed by atoms with E-state index in [9.17, 15) is 4.79 Å². The Labute approximate surface area is 140 Å². The molecule has 0 bridgehead atoms. The average molecular weight is 319 g/mol. The highest BCUT2D eigenvalue weighted by atomic mass is 16.2. The van der Waals surface area contributed by atoms with Gasteiger partial charge in [0.25, 0.3) is 0 Å². The van der Waals surface area contributed by atoms with E-state index in [0.717, 1.165) is 17.0 Å². The summed E-state index contributed by atoms with van der Waals surface area (Å²) in [6.45, 7) is 0. The fourth-order valence-corrected chi connectivity index (χ4v) is 3.32. The van der Waals surface area contributed by atoms with Crippen LogP contribution >= 0.6 is 0 Å². The lowest BCUT2D eigenvalue weighted by molar-refractivity contribution is 0.262. The van der Waals surface area contributed by atoms with Gasteiger partial charge < -0.3 is 15.0 Å². The third-order valence-corrected chi connectivity index (χ3v) is 4.52. The third-order valence-electron chi connectivity index (χ3n) is 4.52. The first kappa shape index (κ1) is 14.8. The molecule has 1 aliphatic rings. The monoisotopic (exact) mass is 319 g/mol. The number of rotatable bonds is 3. The minimum Gasteiger partial charge on any atom is -0.308 e. The van der Waals surface area contributed by atoms with Gasteiger partial charge in [0.05, 0.1) is 5.69 Å². The van der Waals surface area contributed by atoms with E-state index in [4.69, 9.17) is 0 Å². The normalized spacial score (nSPS) is 14.8. The van der Waals surface area contributed by atoms with Gasteiger partial charge in [-0.1, -0.05) is 18.9 Å². The largest absolute Gasteiger partial charge is 0.323 e. The van der Waals surface area contributed by atoms with Crippen LogP contribution in [0.25, 0.3) is 5.65 Å². The standard InChI is InChI=1S/C19H19N4O/c24-19(22-17-8-9-18-20-10-11-23(18)13-17)21-16-7-3-6-15(12-16)14-4-1-2-5-14/h3,7-14H,1-2,4-5H2,(H2,21,22,24). The first-order chi connectivity index (χ1) is 11.8. The molecular formula is C19H19N4O. The third kappa shape index (κ3) is 3.11. The van der Waals surface area contributed by atoms with Gasteiger partial charge in [-0.15, -0.1) is 0 Å². The van der Waals surface area contributed by atoms with Crippen LogP contribution in [0.3, 0.4) is 0 Å². The molecule has 1 radical (unpaired) electrons. The van der Waals surface area contributed by atoms with E-state index in [0.29, 0.717) is 5.92 Å². The van der Waals surface area contributed by atoms with Crippen molar-refractivity contribution in [3.63, 3.8) is 0 Å². The number of amides is 2. The number of fused-ring (bicyclic) bond motifs is 1. The van der Waals surface area contributed by atoms with Gasteiger partial charge in [0.15, 0.2) is 0 Å². The molecule has 121 valence electrons. The molecular weight excluding hydrogens is 300 g/mol. The second-order valence-corrected chi connectivity index (χ2v) is 6.20.